The zero-order valence-corrected chi connectivity index (χ0v) is 12.7. The van der Waals surface area contributed by atoms with Gasteiger partial charge in [0.25, 0.3) is 0 Å². The first-order valence-corrected chi connectivity index (χ1v) is 7.88. The van der Waals surface area contributed by atoms with Gasteiger partial charge in [0.15, 0.2) is 12.1 Å². The minimum Gasteiger partial charge on any atom is -0.496 e. The maximum Gasteiger partial charge on any atom is 0.347 e. The van der Waals surface area contributed by atoms with Crippen LogP contribution in [0.2, 0.25) is 0 Å². The molecule has 2 saturated heterocycles. The summed E-state index contributed by atoms with van der Waals surface area (Å²) in [6, 6.07) is 1.78. The number of Topliss-reactive ketones (excluding diaryl/α,β-unsaturated/α-hetero) is 1. The van der Waals surface area contributed by atoms with E-state index in [0.717, 1.165) is 5.56 Å². The Kier molecular flexibility index (Phi) is 2.15. The van der Waals surface area contributed by atoms with Gasteiger partial charge in [-0.2, -0.15) is 0 Å². The van der Waals surface area contributed by atoms with Crippen LogP contribution in [-0.2, 0) is 15.9 Å². The summed E-state index contributed by atoms with van der Waals surface area (Å²) < 4.78 is 28.0. The molecule has 1 aromatic heterocycles. The molecule has 0 bridgehead atoms. The summed E-state index contributed by atoms with van der Waals surface area (Å²) in [5.74, 6) is 0.811. The summed E-state index contributed by atoms with van der Waals surface area (Å²) >= 11 is 0. The summed E-state index contributed by atoms with van der Waals surface area (Å²) in [7, 11) is 1.54. The first-order valence-electron chi connectivity index (χ1n) is 7.88. The Morgan fingerprint density at radius 1 is 1.17 bits per heavy atom. The van der Waals surface area contributed by atoms with E-state index in [1.54, 1.807) is 13.2 Å². The van der Waals surface area contributed by atoms with Crippen molar-refractivity contribution in [1.29, 1.82) is 0 Å². The van der Waals surface area contributed by atoms with Crippen molar-refractivity contribution in [2.45, 2.75) is 37.4 Å². The molecule has 0 radical (unpaired) electrons. The van der Waals surface area contributed by atoms with Gasteiger partial charge in [-0.25, -0.2) is 4.79 Å². The first kappa shape index (κ1) is 13.0. The van der Waals surface area contributed by atoms with Gasteiger partial charge in [0.05, 0.1) is 24.0 Å². The normalized spacial score (nSPS) is 31.5. The third kappa shape index (κ3) is 1.36. The van der Waals surface area contributed by atoms with Crippen molar-refractivity contribution in [2.75, 3.05) is 7.11 Å². The molecule has 0 amide bonds. The second-order valence-corrected chi connectivity index (χ2v) is 6.48. The van der Waals surface area contributed by atoms with Gasteiger partial charge in [-0.05, 0) is 12.0 Å². The Morgan fingerprint density at radius 3 is 2.88 bits per heavy atom. The largest absolute Gasteiger partial charge is 0.496 e. The lowest BCUT2D eigenvalue weighted by Gasteiger charge is -2.13. The highest BCUT2D eigenvalue weighted by Gasteiger charge is 2.63. The number of rotatable bonds is 1. The van der Waals surface area contributed by atoms with Crippen LogP contribution in [0.1, 0.15) is 33.8 Å². The van der Waals surface area contributed by atoms with Gasteiger partial charge in [-0.15, -0.1) is 0 Å². The molecule has 4 atom stereocenters. The standard InChI is InChI=1S/C17H12O7/c1-20-7-4-8-11(12-14-17(23-14)24-16(12)21-8)13-10(7)5-2-3-6(18)9(5)15(19)22-13/h4,12,14,16-17H,2-3H2,1H3/t12-,14?,16+,17?/m1/s1. The lowest BCUT2D eigenvalue weighted by Crippen LogP contribution is -2.19. The third-order valence-electron chi connectivity index (χ3n) is 5.32. The molecule has 24 heavy (non-hydrogen) atoms. The van der Waals surface area contributed by atoms with Gasteiger partial charge in [-0.1, -0.05) is 0 Å². The lowest BCUT2D eigenvalue weighted by atomic mass is 9.93. The van der Waals surface area contributed by atoms with E-state index in [-0.39, 0.29) is 29.7 Å². The fourth-order valence-corrected chi connectivity index (χ4v) is 4.25. The second kappa shape index (κ2) is 3.99. The van der Waals surface area contributed by atoms with Gasteiger partial charge in [0.1, 0.15) is 28.7 Å². The molecular formula is C17H12O7. The van der Waals surface area contributed by atoms with Crippen LogP contribution in [0.3, 0.4) is 0 Å². The highest BCUT2D eigenvalue weighted by Crippen LogP contribution is 2.57. The van der Waals surface area contributed by atoms with Crippen LogP contribution in [0.25, 0.3) is 11.0 Å². The molecule has 1 aromatic carbocycles. The molecule has 7 heteroatoms. The number of epoxide rings is 1. The Hall–Kier alpha value is -2.38. The highest BCUT2D eigenvalue weighted by molar-refractivity contribution is 6.06. The SMILES string of the molecule is COc1cc2c(c3oc(=O)c4c(c13)CCC4=O)[C@@H]1C3OC3O[C@@H]1O2. The molecule has 122 valence electrons. The number of methoxy groups -OCH3 is 1. The predicted molar refractivity (Wildman–Crippen MR) is 78.6 cm³/mol. The summed E-state index contributed by atoms with van der Waals surface area (Å²) in [5, 5.41) is 0.685. The Labute approximate surface area is 135 Å². The maximum absolute atomic E-state index is 12.4. The van der Waals surface area contributed by atoms with E-state index in [9.17, 15) is 9.59 Å². The van der Waals surface area contributed by atoms with Crippen LogP contribution in [0.5, 0.6) is 11.5 Å². The number of benzene rings is 1. The summed E-state index contributed by atoms with van der Waals surface area (Å²) in [6.07, 6.45) is 0.0820. The van der Waals surface area contributed by atoms with Crippen LogP contribution >= 0.6 is 0 Å². The maximum atomic E-state index is 12.4. The third-order valence-corrected chi connectivity index (χ3v) is 5.32. The summed E-state index contributed by atoms with van der Waals surface area (Å²) in [4.78, 5) is 24.4. The molecule has 3 aliphatic heterocycles. The second-order valence-electron chi connectivity index (χ2n) is 6.48. The Morgan fingerprint density at radius 2 is 2.04 bits per heavy atom. The quantitative estimate of drug-likeness (QED) is 0.579. The van der Waals surface area contributed by atoms with Crippen molar-refractivity contribution in [3.63, 3.8) is 0 Å². The van der Waals surface area contributed by atoms with Gasteiger partial charge in [0.2, 0.25) is 6.29 Å². The Bertz CT molecular complexity index is 1000. The molecule has 6 rings (SSSR count). The van der Waals surface area contributed by atoms with Gasteiger partial charge < -0.3 is 23.4 Å². The number of fused-ring (bicyclic) bond motifs is 9. The number of hydrogen-bond donors (Lipinski definition) is 0. The molecule has 4 heterocycles. The summed E-state index contributed by atoms with van der Waals surface area (Å²) in [6.45, 7) is 0. The monoisotopic (exact) mass is 328 g/mol. The van der Waals surface area contributed by atoms with Gasteiger partial charge in [-0.3, -0.25) is 4.79 Å². The van der Waals surface area contributed by atoms with Crippen molar-refractivity contribution in [1.82, 2.24) is 0 Å². The van der Waals surface area contributed by atoms with Crippen LogP contribution in [0, 0.1) is 0 Å². The van der Waals surface area contributed by atoms with Crippen LogP contribution in [-0.4, -0.2) is 31.6 Å². The molecule has 1 aliphatic carbocycles. The van der Waals surface area contributed by atoms with Crippen molar-refractivity contribution >= 4 is 16.8 Å². The van der Waals surface area contributed by atoms with Crippen molar-refractivity contribution < 1.29 is 28.2 Å². The molecule has 2 unspecified atom stereocenters. The molecule has 2 aromatic rings. The number of hydrogen-bond acceptors (Lipinski definition) is 7. The average Bonchev–Trinajstić information content (AvgIpc) is 2.91. The van der Waals surface area contributed by atoms with E-state index in [1.807, 2.05) is 0 Å². The van der Waals surface area contributed by atoms with E-state index >= 15 is 0 Å². The molecule has 7 nitrogen and oxygen atoms in total. The number of ether oxygens (including phenoxy) is 4. The van der Waals surface area contributed by atoms with Gasteiger partial charge in [0, 0.05) is 12.5 Å². The molecule has 0 spiro atoms. The number of aryl methyl sites for hydroxylation is 1. The van der Waals surface area contributed by atoms with E-state index in [0.29, 0.717) is 40.9 Å². The van der Waals surface area contributed by atoms with Gasteiger partial charge >= 0.3 is 5.63 Å². The highest BCUT2D eigenvalue weighted by atomic mass is 16.8. The minimum absolute atomic E-state index is 0.0759. The van der Waals surface area contributed by atoms with E-state index in [2.05, 4.69) is 0 Å². The molecule has 2 fully saturated rings. The molecule has 0 saturated carbocycles. The van der Waals surface area contributed by atoms with Crippen molar-refractivity contribution in [2.24, 2.45) is 0 Å². The number of carbonyl (C=O) groups is 1. The predicted octanol–water partition coefficient (Wildman–Crippen LogP) is 1.49. The van der Waals surface area contributed by atoms with Crippen LogP contribution in [0.15, 0.2) is 15.3 Å². The average molecular weight is 328 g/mol. The van der Waals surface area contributed by atoms with E-state index < -0.39 is 11.9 Å². The van der Waals surface area contributed by atoms with Crippen molar-refractivity contribution in [3.8, 4) is 11.5 Å². The fourth-order valence-electron chi connectivity index (χ4n) is 4.25. The number of ketones is 1. The van der Waals surface area contributed by atoms with Crippen molar-refractivity contribution in [3.05, 3.63) is 33.2 Å². The van der Waals surface area contributed by atoms with Crippen LogP contribution < -0.4 is 15.1 Å². The van der Waals surface area contributed by atoms with E-state index in [4.69, 9.17) is 23.4 Å². The van der Waals surface area contributed by atoms with Crippen LogP contribution in [0.4, 0.5) is 0 Å². The zero-order chi connectivity index (χ0) is 16.2. The molecule has 0 N–H and O–H groups in total. The lowest BCUT2D eigenvalue weighted by molar-refractivity contribution is -0.109. The molecular weight excluding hydrogens is 316 g/mol. The fraction of sp³-hybridized carbons (Fsp3) is 0.412. The smallest absolute Gasteiger partial charge is 0.347 e. The Balaban J connectivity index is 1.74. The number of carbonyl (C=O) groups excluding carboxylic acids is 1. The summed E-state index contributed by atoms with van der Waals surface area (Å²) in [5.41, 5.74) is 1.47. The van der Waals surface area contributed by atoms with E-state index in [1.165, 1.54) is 0 Å². The zero-order valence-electron chi connectivity index (χ0n) is 12.7. The first-order chi connectivity index (χ1) is 11.7. The molecule has 4 aliphatic rings. The topological polar surface area (TPSA) is 87.5 Å². The minimum atomic E-state index is -0.592.